The molecule has 0 saturated heterocycles. The third-order valence-corrected chi connectivity index (χ3v) is 4.56. The van der Waals surface area contributed by atoms with Gasteiger partial charge in [-0.05, 0) is 42.0 Å². The molecule has 0 aliphatic carbocycles. The smallest absolute Gasteiger partial charge is 0.337 e. The second kappa shape index (κ2) is 6.96. The van der Waals surface area contributed by atoms with Crippen LogP contribution in [0.4, 0.5) is 17.1 Å². The van der Waals surface area contributed by atoms with Crippen LogP contribution in [-0.2, 0) is 11.3 Å². The highest BCUT2D eigenvalue weighted by Gasteiger charge is 2.26. The Hall–Kier alpha value is -3.60. The van der Waals surface area contributed by atoms with E-state index in [1.165, 1.54) is 7.11 Å². The van der Waals surface area contributed by atoms with Crippen molar-refractivity contribution in [2.45, 2.75) is 6.54 Å². The molecular weight excluding hydrogens is 340 g/mol. The highest BCUT2D eigenvalue weighted by molar-refractivity contribution is 6.13. The quantitative estimate of drug-likeness (QED) is 0.706. The molecule has 0 bridgehead atoms. The molecule has 5 nitrogen and oxygen atoms in total. The van der Waals surface area contributed by atoms with Gasteiger partial charge in [0.15, 0.2) is 0 Å². The van der Waals surface area contributed by atoms with Crippen molar-refractivity contribution >= 4 is 28.9 Å². The largest absolute Gasteiger partial charge is 0.465 e. The predicted molar refractivity (Wildman–Crippen MR) is 104 cm³/mol. The predicted octanol–water partition coefficient (Wildman–Crippen LogP) is 4.38. The first-order chi connectivity index (χ1) is 13.2. The van der Waals surface area contributed by atoms with Crippen molar-refractivity contribution in [3.05, 3.63) is 89.5 Å². The Morgan fingerprint density at radius 1 is 0.963 bits per heavy atom. The van der Waals surface area contributed by atoms with E-state index in [1.54, 1.807) is 23.1 Å². The molecule has 5 heteroatoms. The number of rotatable bonds is 3. The Morgan fingerprint density at radius 2 is 1.70 bits per heavy atom. The fraction of sp³-hybridized carbons (Fsp3) is 0.0909. The molecule has 0 saturated carbocycles. The average molecular weight is 358 g/mol. The number of carbonyl (C=O) groups excluding carboxylic acids is 2. The molecule has 0 spiro atoms. The van der Waals surface area contributed by atoms with Crippen LogP contribution in [0.5, 0.6) is 0 Å². The Balaban J connectivity index is 1.77. The number of ether oxygens (including phenoxy) is 1. The van der Waals surface area contributed by atoms with Crippen LogP contribution in [0.15, 0.2) is 72.8 Å². The Bertz CT molecular complexity index is 1030. The number of para-hydroxylation sites is 3. The maximum Gasteiger partial charge on any atom is 0.337 e. The normalized spacial score (nSPS) is 12.5. The fourth-order valence-corrected chi connectivity index (χ4v) is 3.25. The summed E-state index contributed by atoms with van der Waals surface area (Å²) in [5, 5.41) is 3.35. The van der Waals surface area contributed by atoms with Crippen molar-refractivity contribution in [3.63, 3.8) is 0 Å². The monoisotopic (exact) mass is 358 g/mol. The lowest BCUT2D eigenvalue weighted by Gasteiger charge is -2.23. The van der Waals surface area contributed by atoms with E-state index >= 15 is 0 Å². The third kappa shape index (κ3) is 3.15. The minimum absolute atomic E-state index is 0.0912. The van der Waals surface area contributed by atoms with Crippen molar-refractivity contribution in [3.8, 4) is 0 Å². The first-order valence-electron chi connectivity index (χ1n) is 8.61. The second-order valence-electron chi connectivity index (χ2n) is 6.27. The summed E-state index contributed by atoms with van der Waals surface area (Å²) < 4.78 is 4.80. The van der Waals surface area contributed by atoms with Crippen LogP contribution in [0.25, 0.3) is 0 Å². The zero-order valence-corrected chi connectivity index (χ0v) is 14.8. The first kappa shape index (κ1) is 16.8. The zero-order chi connectivity index (χ0) is 18.8. The number of benzene rings is 3. The number of esters is 1. The number of fused-ring (bicyclic) bond motifs is 2. The van der Waals surface area contributed by atoms with Gasteiger partial charge in [-0.25, -0.2) is 4.79 Å². The summed E-state index contributed by atoms with van der Waals surface area (Å²) in [4.78, 5) is 26.8. The fourth-order valence-electron chi connectivity index (χ4n) is 3.25. The molecule has 27 heavy (non-hydrogen) atoms. The molecule has 0 aromatic heterocycles. The van der Waals surface area contributed by atoms with Crippen LogP contribution < -0.4 is 10.2 Å². The molecule has 0 radical (unpaired) electrons. The van der Waals surface area contributed by atoms with Crippen molar-refractivity contribution in [1.82, 2.24) is 0 Å². The molecule has 1 aliphatic rings. The molecule has 0 fully saturated rings. The van der Waals surface area contributed by atoms with Gasteiger partial charge < -0.3 is 15.0 Å². The molecule has 0 unspecified atom stereocenters. The number of amides is 1. The van der Waals surface area contributed by atoms with Gasteiger partial charge in [0, 0.05) is 0 Å². The third-order valence-electron chi connectivity index (χ3n) is 4.56. The summed E-state index contributed by atoms with van der Waals surface area (Å²) in [6.45, 7) is 0.344. The summed E-state index contributed by atoms with van der Waals surface area (Å²) >= 11 is 0. The van der Waals surface area contributed by atoms with Crippen LogP contribution >= 0.6 is 0 Å². The molecule has 3 aromatic rings. The first-order valence-corrected chi connectivity index (χ1v) is 8.61. The van der Waals surface area contributed by atoms with Gasteiger partial charge >= 0.3 is 5.97 Å². The van der Waals surface area contributed by atoms with E-state index in [1.807, 2.05) is 54.6 Å². The van der Waals surface area contributed by atoms with Crippen molar-refractivity contribution < 1.29 is 14.3 Å². The van der Waals surface area contributed by atoms with Crippen molar-refractivity contribution in [2.24, 2.45) is 0 Å². The lowest BCUT2D eigenvalue weighted by molar-refractivity contribution is 0.0600. The van der Waals surface area contributed by atoms with E-state index in [2.05, 4.69) is 5.32 Å². The molecule has 3 aromatic carbocycles. The van der Waals surface area contributed by atoms with Crippen LogP contribution in [0, 0.1) is 0 Å². The molecule has 134 valence electrons. The van der Waals surface area contributed by atoms with Gasteiger partial charge in [-0.3, -0.25) is 4.79 Å². The number of carbonyl (C=O) groups is 2. The average Bonchev–Trinajstić information content (AvgIpc) is 2.83. The molecule has 1 heterocycles. The minimum Gasteiger partial charge on any atom is -0.465 e. The minimum atomic E-state index is -0.397. The summed E-state index contributed by atoms with van der Waals surface area (Å²) in [6.07, 6.45) is 0. The van der Waals surface area contributed by atoms with Crippen molar-refractivity contribution in [2.75, 3.05) is 17.3 Å². The van der Waals surface area contributed by atoms with E-state index in [0.29, 0.717) is 17.7 Å². The van der Waals surface area contributed by atoms with Gasteiger partial charge in [0.05, 0.1) is 41.8 Å². The molecule has 0 atom stereocenters. The number of hydrogen-bond donors (Lipinski definition) is 1. The SMILES string of the molecule is COC(=O)c1cccc(CN2C(=O)c3ccccc3Nc3ccccc32)c1. The number of nitrogens with one attached hydrogen (secondary N) is 1. The Morgan fingerprint density at radius 3 is 2.52 bits per heavy atom. The lowest BCUT2D eigenvalue weighted by Crippen LogP contribution is -2.29. The topological polar surface area (TPSA) is 58.6 Å². The van der Waals surface area contributed by atoms with Gasteiger partial charge in [0.1, 0.15) is 0 Å². The van der Waals surface area contributed by atoms with Gasteiger partial charge in [0.2, 0.25) is 0 Å². The van der Waals surface area contributed by atoms with E-state index in [9.17, 15) is 9.59 Å². The van der Waals surface area contributed by atoms with Crippen molar-refractivity contribution in [1.29, 1.82) is 0 Å². The van der Waals surface area contributed by atoms with E-state index < -0.39 is 5.97 Å². The van der Waals surface area contributed by atoms with Gasteiger partial charge in [-0.2, -0.15) is 0 Å². The van der Waals surface area contributed by atoms with Crippen LogP contribution in [0.2, 0.25) is 0 Å². The lowest BCUT2D eigenvalue weighted by atomic mass is 10.1. The molecular formula is C22H18N2O3. The Kier molecular flexibility index (Phi) is 4.34. The maximum atomic E-state index is 13.3. The van der Waals surface area contributed by atoms with E-state index in [-0.39, 0.29) is 5.91 Å². The van der Waals surface area contributed by atoms with Crippen LogP contribution in [0.1, 0.15) is 26.3 Å². The van der Waals surface area contributed by atoms with Gasteiger partial charge in [-0.1, -0.05) is 36.4 Å². The molecule has 4 rings (SSSR count). The highest BCUT2D eigenvalue weighted by atomic mass is 16.5. The number of hydrogen-bond acceptors (Lipinski definition) is 4. The molecule has 1 aliphatic heterocycles. The number of methoxy groups -OCH3 is 1. The Labute approximate surface area is 157 Å². The molecule has 1 N–H and O–H groups in total. The molecule has 1 amide bonds. The highest BCUT2D eigenvalue weighted by Crippen LogP contribution is 2.36. The van der Waals surface area contributed by atoms with E-state index in [0.717, 1.165) is 22.6 Å². The standard InChI is InChI=1S/C22H18N2O3/c1-27-22(26)16-8-6-7-15(13-16)14-24-20-12-5-4-11-19(20)23-18-10-3-2-9-17(18)21(24)25/h2-13,23H,14H2,1H3. The summed E-state index contributed by atoms with van der Waals surface area (Å²) in [5.41, 5.74) is 4.35. The maximum absolute atomic E-state index is 13.3. The second-order valence-corrected chi connectivity index (χ2v) is 6.27. The number of nitrogens with zero attached hydrogens (tertiary/aromatic N) is 1. The summed E-state index contributed by atoms with van der Waals surface area (Å²) in [5.74, 6) is -0.488. The summed E-state index contributed by atoms with van der Waals surface area (Å²) in [7, 11) is 1.35. The summed E-state index contributed by atoms with van der Waals surface area (Å²) in [6, 6.07) is 22.3. The van der Waals surface area contributed by atoms with Crippen LogP contribution in [-0.4, -0.2) is 19.0 Å². The van der Waals surface area contributed by atoms with Gasteiger partial charge in [-0.15, -0.1) is 0 Å². The van der Waals surface area contributed by atoms with Gasteiger partial charge in [0.25, 0.3) is 5.91 Å². The number of anilines is 3. The zero-order valence-electron chi connectivity index (χ0n) is 14.8. The van der Waals surface area contributed by atoms with Crippen LogP contribution in [0.3, 0.4) is 0 Å². The van der Waals surface area contributed by atoms with E-state index in [4.69, 9.17) is 4.74 Å².